The topological polar surface area (TPSA) is 17.8 Å². The lowest BCUT2D eigenvalue weighted by atomic mass is 9.93. The van der Waals surface area contributed by atoms with Gasteiger partial charge in [-0.1, -0.05) is 146 Å². The summed E-state index contributed by atoms with van der Waals surface area (Å²) < 4.78 is 5.00. The van der Waals surface area contributed by atoms with Crippen LogP contribution in [0.25, 0.3) is 103 Å². The van der Waals surface area contributed by atoms with Gasteiger partial charge in [0.15, 0.2) is 0 Å². The molecule has 0 amide bonds. The summed E-state index contributed by atoms with van der Waals surface area (Å²) >= 11 is 1.87. The highest BCUT2D eigenvalue weighted by Crippen LogP contribution is 2.45. The van der Waals surface area contributed by atoms with Crippen molar-refractivity contribution in [1.29, 1.82) is 0 Å². The van der Waals surface area contributed by atoms with E-state index in [4.69, 9.17) is 4.98 Å². The Morgan fingerprint density at radius 1 is 0.385 bits per heavy atom. The van der Waals surface area contributed by atoms with E-state index >= 15 is 0 Å². The molecule has 11 aromatic rings. The summed E-state index contributed by atoms with van der Waals surface area (Å²) in [7, 11) is 0. The molecule has 0 N–H and O–H groups in total. The van der Waals surface area contributed by atoms with E-state index in [0.717, 1.165) is 27.9 Å². The van der Waals surface area contributed by atoms with E-state index < -0.39 is 0 Å². The van der Waals surface area contributed by atoms with Crippen molar-refractivity contribution in [3.05, 3.63) is 182 Å². The minimum Gasteiger partial charge on any atom is -0.309 e. The second-order valence-corrected chi connectivity index (χ2v) is 14.6. The summed E-state index contributed by atoms with van der Waals surface area (Å²) in [4.78, 5) is 5.50. The predicted octanol–water partition coefficient (Wildman–Crippen LogP) is 13.9. The van der Waals surface area contributed by atoms with Crippen LogP contribution in [0.5, 0.6) is 0 Å². The van der Waals surface area contributed by atoms with Gasteiger partial charge in [0.2, 0.25) is 0 Å². The lowest BCUT2D eigenvalue weighted by Gasteiger charge is -2.15. The summed E-state index contributed by atoms with van der Waals surface area (Å²) in [6.45, 7) is 0. The number of thiophene rings is 1. The highest BCUT2D eigenvalue weighted by atomic mass is 32.1. The number of benzene rings is 8. The Balaban J connectivity index is 1.10. The van der Waals surface area contributed by atoms with Crippen molar-refractivity contribution in [2.24, 2.45) is 0 Å². The van der Waals surface area contributed by atoms with Crippen LogP contribution >= 0.6 is 11.3 Å². The summed E-state index contributed by atoms with van der Waals surface area (Å²) in [5.74, 6) is 0. The second kappa shape index (κ2) is 11.5. The van der Waals surface area contributed by atoms with Crippen LogP contribution in [0.4, 0.5) is 0 Å². The molecular weight excluding hydrogens is 649 g/mol. The van der Waals surface area contributed by atoms with E-state index in [2.05, 4.69) is 187 Å². The van der Waals surface area contributed by atoms with Gasteiger partial charge in [0.1, 0.15) is 0 Å². The van der Waals surface area contributed by atoms with Crippen molar-refractivity contribution >= 4 is 75.0 Å². The average molecular weight is 679 g/mol. The highest BCUT2D eigenvalue weighted by Gasteiger charge is 2.19. The summed E-state index contributed by atoms with van der Waals surface area (Å²) in [6, 6.07) is 65.9. The molecule has 0 bridgehead atoms. The molecule has 0 aliphatic carbocycles. The molecule has 11 rings (SSSR count). The normalized spacial score (nSPS) is 11.8. The Bertz CT molecular complexity index is 3150. The zero-order valence-corrected chi connectivity index (χ0v) is 28.9. The molecule has 8 aromatic carbocycles. The number of hydrogen-bond donors (Lipinski definition) is 0. The Morgan fingerprint density at radius 3 is 1.88 bits per heavy atom. The highest BCUT2D eigenvalue weighted by molar-refractivity contribution is 7.26. The van der Waals surface area contributed by atoms with E-state index in [-0.39, 0.29) is 0 Å². The maximum absolute atomic E-state index is 5.50. The lowest BCUT2D eigenvalue weighted by molar-refractivity contribution is 1.18. The van der Waals surface area contributed by atoms with Crippen molar-refractivity contribution in [2.45, 2.75) is 0 Å². The number of fused-ring (bicyclic) bond motifs is 10. The van der Waals surface area contributed by atoms with Crippen molar-refractivity contribution in [2.75, 3.05) is 0 Å². The van der Waals surface area contributed by atoms with Gasteiger partial charge in [-0.25, -0.2) is 4.98 Å². The molecule has 0 saturated heterocycles. The smallest absolute Gasteiger partial charge is 0.0794 e. The van der Waals surface area contributed by atoms with Gasteiger partial charge in [0.25, 0.3) is 0 Å². The molecule has 0 aliphatic heterocycles. The van der Waals surface area contributed by atoms with E-state index in [1.165, 1.54) is 75.0 Å². The molecule has 2 nitrogen and oxygen atoms in total. The summed E-state index contributed by atoms with van der Waals surface area (Å²) in [6.07, 6.45) is 0. The Morgan fingerprint density at radius 2 is 1.04 bits per heavy atom. The van der Waals surface area contributed by atoms with Crippen LogP contribution in [-0.4, -0.2) is 9.55 Å². The molecule has 3 aromatic heterocycles. The first-order valence-electron chi connectivity index (χ1n) is 17.7. The van der Waals surface area contributed by atoms with E-state index in [1.807, 2.05) is 11.3 Å². The first-order chi connectivity index (χ1) is 25.8. The lowest BCUT2D eigenvalue weighted by Crippen LogP contribution is -1.93. The molecule has 0 spiro atoms. The van der Waals surface area contributed by atoms with Crippen LogP contribution in [0.3, 0.4) is 0 Å². The van der Waals surface area contributed by atoms with Crippen LogP contribution in [0, 0.1) is 0 Å². The number of hydrogen-bond acceptors (Lipinski definition) is 2. The van der Waals surface area contributed by atoms with Gasteiger partial charge in [-0.3, -0.25) is 0 Å². The Labute approximate surface area is 304 Å². The molecule has 0 saturated carbocycles. The maximum atomic E-state index is 5.50. The van der Waals surface area contributed by atoms with Gasteiger partial charge in [-0.15, -0.1) is 11.3 Å². The zero-order valence-electron chi connectivity index (χ0n) is 28.1. The van der Waals surface area contributed by atoms with E-state index in [1.54, 1.807) is 0 Å². The largest absolute Gasteiger partial charge is 0.309 e. The summed E-state index contributed by atoms with van der Waals surface area (Å²) in [5, 5.41) is 8.79. The number of nitrogens with zero attached hydrogens (tertiary/aromatic N) is 2. The van der Waals surface area contributed by atoms with Gasteiger partial charge < -0.3 is 4.57 Å². The van der Waals surface area contributed by atoms with Gasteiger partial charge in [-0.05, 0) is 53.1 Å². The molecule has 242 valence electrons. The average Bonchev–Trinajstić information content (AvgIpc) is 3.76. The zero-order chi connectivity index (χ0) is 34.2. The predicted molar refractivity (Wildman–Crippen MR) is 223 cm³/mol. The summed E-state index contributed by atoms with van der Waals surface area (Å²) in [5.41, 5.74) is 11.4. The molecule has 52 heavy (non-hydrogen) atoms. The monoisotopic (exact) mass is 678 g/mol. The fourth-order valence-corrected chi connectivity index (χ4v) is 9.34. The van der Waals surface area contributed by atoms with Crippen molar-refractivity contribution in [1.82, 2.24) is 9.55 Å². The number of rotatable bonds is 4. The second-order valence-electron chi connectivity index (χ2n) is 13.5. The van der Waals surface area contributed by atoms with Crippen LogP contribution in [0.1, 0.15) is 0 Å². The van der Waals surface area contributed by atoms with Crippen LogP contribution in [0.15, 0.2) is 182 Å². The van der Waals surface area contributed by atoms with Crippen LogP contribution in [-0.2, 0) is 0 Å². The fraction of sp³-hybridized carbons (Fsp3) is 0. The SMILES string of the molecule is c1ccc(-c2nc3c(-c4ccc(-c5ccc6c7ccccc7n(-c7ccccc7)c6c5)cc4)cccc3c3c2ccc2sc4ccccc4c23)cc1. The molecular formula is C49H30N2S. The third kappa shape index (κ3) is 4.40. The third-order valence-electron chi connectivity index (χ3n) is 10.6. The Kier molecular flexibility index (Phi) is 6.46. The van der Waals surface area contributed by atoms with Gasteiger partial charge in [0, 0.05) is 63.9 Å². The maximum Gasteiger partial charge on any atom is 0.0794 e. The Hall–Kier alpha value is -6.55. The minimum atomic E-state index is 1.02. The number of para-hydroxylation sites is 3. The van der Waals surface area contributed by atoms with Crippen molar-refractivity contribution in [3.63, 3.8) is 0 Å². The first-order valence-corrected chi connectivity index (χ1v) is 18.5. The molecule has 0 fully saturated rings. The molecule has 0 radical (unpaired) electrons. The van der Waals surface area contributed by atoms with Gasteiger partial charge in [-0.2, -0.15) is 0 Å². The first kappa shape index (κ1) is 29.2. The fourth-order valence-electron chi connectivity index (χ4n) is 8.23. The minimum absolute atomic E-state index is 1.02. The molecule has 0 unspecified atom stereocenters. The third-order valence-corrected chi connectivity index (χ3v) is 11.7. The standard InChI is InChI=1S/C49H30N2S/c1-3-12-33(13-4-1)48-41-28-29-45-47(39-17-8-10-21-44(39)52-45)46(41)40-19-11-18-36(49(40)50-48)32-24-22-31(23-25-32)34-26-27-38-37-16-7-9-20-42(37)51(43(38)30-34)35-14-5-2-6-15-35/h1-30H. The van der Waals surface area contributed by atoms with Crippen molar-refractivity contribution in [3.8, 4) is 39.2 Å². The van der Waals surface area contributed by atoms with Crippen LogP contribution < -0.4 is 0 Å². The molecule has 3 heteroatoms. The van der Waals surface area contributed by atoms with E-state index in [9.17, 15) is 0 Å². The molecule has 3 heterocycles. The molecule has 0 atom stereocenters. The number of pyridine rings is 1. The number of aromatic nitrogens is 2. The molecule has 0 aliphatic rings. The van der Waals surface area contributed by atoms with Crippen molar-refractivity contribution < 1.29 is 0 Å². The van der Waals surface area contributed by atoms with E-state index in [0.29, 0.717) is 0 Å². The van der Waals surface area contributed by atoms with Gasteiger partial charge in [0.05, 0.1) is 22.2 Å². The quantitative estimate of drug-likeness (QED) is 0.169. The van der Waals surface area contributed by atoms with Gasteiger partial charge >= 0.3 is 0 Å². The van der Waals surface area contributed by atoms with Crippen LogP contribution in [0.2, 0.25) is 0 Å².